The highest BCUT2D eigenvalue weighted by Crippen LogP contribution is 2.34. The molecule has 0 amide bonds. The van der Waals surface area contributed by atoms with Crippen LogP contribution in [0.1, 0.15) is 42.4 Å². The first-order valence-corrected chi connectivity index (χ1v) is 8.58. The molecule has 2 heterocycles. The third kappa shape index (κ3) is 2.03. The third-order valence-corrected chi connectivity index (χ3v) is 5.20. The lowest BCUT2D eigenvalue weighted by molar-refractivity contribution is -0.665. The molecule has 0 saturated carbocycles. The van der Waals surface area contributed by atoms with Gasteiger partial charge in [-0.25, -0.2) is 0 Å². The van der Waals surface area contributed by atoms with Gasteiger partial charge in [-0.15, -0.1) is 4.68 Å². The first kappa shape index (κ1) is 13.6. The number of nitrogens with two attached hydrogens (primary N) is 1. The number of hydrogen-bond donors (Lipinski definition) is 1. The monoisotopic (exact) mass is 289 g/mol. The molecule has 0 spiro atoms. The van der Waals surface area contributed by atoms with Crippen molar-refractivity contribution in [2.75, 3.05) is 30.1 Å². The fourth-order valence-electron chi connectivity index (χ4n) is 3.51. The first-order valence-electron chi connectivity index (χ1n) is 7.35. The summed E-state index contributed by atoms with van der Waals surface area (Å²) in [4.78, 5) is 2.41. The van der Waals surface area contributed by atoms with E-state index in [1.54, 1.807) is 16.4 Å². The molecule has 1 aliphatic heterocycles. The SMILES string of the molecule is CSc1c(C#N)c2c(c(N3CCCC3)[n+]1N)CCCC2. The molecule has 0 aromatic carbocycles. The topological polar surface area (TPSA) is 56.9 Å². The van der Waals surface area contributed by atoms with Crippen LogP contribution < -0.4 is 15.4 Å². The van der Waals surface area contributed by atoms with Crippen molar-refractivity contribution < 1.29 is 4.68 Å². The van der Waals surface area contributed by atoms with E-state index in [0.29, 0.717) is 0 Å². The molecule has 2 N–H and O–H groups in total. The van der Waals surface area contributed by atoms with Crippen LogP contribution in [0.4, 0.5) is 5.82 Å². The van der Waals surface area contributed by atoms with Crippen molar-refractivity contribution in [3.8, 4) is 6.07 Å². The molecule has 3 rings (SSSR count). The predicted molar refractivity (Wildman–Crippen MR) is 81.4 cm³/mol. The number of nitrogen functional groups attached to an aromatic ring is 1. The molecular weight excluding hydrogens is 268 g/mol. The summed E-state index contributed by atoms with van der Waals surface area (Å²) in [5.41, 5.74) is 3.39. The van der Waals surface area contributed by atoms with Gasteiger partial charge in [0.1, 0.15) is 11.6 Å². The molecule has 5 heteroatoms. The lowest BCUT2D eigenvalue weighted by atomic mass is 9.89. The van der Waals surface area contributed by atoms with Crippen molar-refractivity contribution in [3.63, 3.8) is 0 Å². The van der Waals surface area contributed by atoms with Crippen LogP contribution in [0.3, 0.4) is 0 Å². The second-order valence-corrected chi connectivity index (χ2v) is 6.34. The lowest BCUT2D eigenvalue weighted by Gasteiger charge is -2.24. The zero-order valence-electron chi connectivity index (χ0n) is 12.0. The van der Waals surface area contributed by atoms with Gasteiger partial charge in [-0.1, -0.05) is 11.8 Å². The molecular formula is C15H21N4S+. The van der Waals surface area contributed by atoms with Crippen molar-refractivity contribution in [2.45, 2.75) is 43.6 Å². The van der Waals surface area contributed by atoms with Gasteiger partial charge >= 0.3 is 5.82 Å². The van der Waals surface area contributed by atoms with Gasteiger partial charge in [0.25, 0.3) is 0 Å². The molecule has 1 aromatic heterocycles. The minimum Gasteiger partial charge on any atom is -0.268 e. The number of anilines is 1. The van der Waals surface area contributed by atoms with E-state index in [0.717, 1.165) is 36.5 Å². The van der Waals surface area contributed by atoms with E-state index in [-0.39, 0.29) is 0 Å². The fourth-order valence-corrected chi connectivity index (χ4v) is 4.16. The maximum Gasteiger partial charge on any atom is 0.304 e. The van der Waals surface area contributed by atoms with Crippen molar-refractivity contribution in [2.24, 2.45) is 0 Å². The number of thioether (sulfide) groups is 1. The normalized spacial score (nSPS) is 17.9. The molecule has 20 heavy (non-hydrogen) atoms. The van der Waals surface area contributed by atoms with Crippen molar-refractivity contribution in [1.29, 1.82) is 5.26 Å². The Morgan fingerprint density at radius 1 is 1.15 bits per heavy atom. The average Bonchev–Trinajstić information content (AvgIpc) is 2.99. The summed E-state index contributed by atoms with van der Waals surface area (Å²) in [6.07, 6.45) is 8.95. The summed E-state index contributed by atoms with van der Waals surface area (Å²) in [6, 6.07) is 2.39. The van der Waals surface area contributed by atoms with E-state index >= 15 is 0 Å². The van der Waals surface area contributed by atoms with E-state index in [1.807, 2.05) is 6.26 Å². The van der Waals surface area contributed by atoms with Crippen LogP contribution in [0.15, 0.2) is 5.03 Å². The van der Waals surface area contributed by atoms with Crippen molar-refractivity contribution in [1.82, 2.24) is 0 Å². The Morgan fingerprint density at radius 2 is 1.80 bits per heavy atom. The number of hydrogen-bond acceptors (Lipinski definition) is 4. The molecule has 0 bridgehead atoms. The van der Waals surface area contributed by atoms with Gasteiger partial charge < -0.3 is 0 Å². The Morgan fingerprint density at radius 3 is 2.40 bits per heavy atom. The van der Waals surface area contributed by atoms with E-state index in [1.165, 1.54) is 42.6 Å². The van der Waals surface area contributed by atoms with E-state index in [2.05, 4.69) is 11.0 Å². The number of rotatable bonds is 2. The molecule has 1 saturated heterocycles. The number of aromatic nitrogens is 1. The maximum absolute atomic E-state index is 9.54. The highest BCUT2D eigenvalue weighted by atomic mass is 32.2. The standard InChI is InChI=1S/C15H21N4S/c1-20-15-13(10-16)11-6-2-3-7-12(11)14(19(15)17)18-8-4-5-9-18/h2-9,17H2,1H3/q+1. The number of pyridine rings is 1. The van der Waals surface area contributed by atoms with Gasteiger partial charge in [0, 0.05) is 5.56 Å². The predicted octanol–water partition coefficient (Wildman–Crippen LogP) is 1.76. The molecule has 1 aliphatic carbocycles. The molecule has 0 unspecified atom stereocenters. The second-order valence-electron chi connectivity index (χ2n) is 5.55. The van der Waals surface area contributed by atoms with Crippen LogP contribution >= 0.6 is 11.8 Å². The van der Waals surface area contributed by atoms with Gasteiger partial charge in [-0.2, -0.15) is 5.26 Å². The smallest absolute Gasteiger partial charge is 0.268 e. The maximum atomic E-state index is 9.54. The van der Waals surface area contributed by atoms with Crippen LogP contribution in [0, 0.1) is 11.3 Å². The zero-order valence-corrected chi connectivity index (χ0v) is 12.8. The van der Waals surface area contributed by atoms with Crippen LogP contribution in [0.25, 0.3) is 0 Å². The Labute approximate surface area is 124 Å². The van der Waals surface area contributed by atoms with Crippen molar-refractivity contribution >= 4 is 17.6 Å². The van der Waals surface area contributed by atoms with Gasteiger partial charge in [-0.3, -0.25) is 10.7 Å². The van der Waals surface area contributed by atoms with Crippen LogP contribution in [0.2, 0.25) is 0 Å². The lowest BCUT2D eigenvalue weighted by Crippen LogP contribution is -2.53. The fraction of sp³-hybridized carbons (Fsp3) is 0.600. The number of nitrogens with zero attached hydrogens (tertiary/aromatic N) is 3. The highest BCUT2D eigenvalue weighted by Gasteiger charge is 2.34. The van der Waals surface area contributed by atoms with Gasteiger partial charge in [-0.05, 0) is 50.3 Å². The quantitative estimate of drug-likeness (QED) is 0.512. The highest BCUT2D eigenvalue weighted by molar-refractivity contribution is 7.98. The van der Waals surface area contributed by atoms with E-state index in [9.17, 15) is 5.26 Å². The number of fused-ring (bicyclic) bond motifs is 1. The minimum atomic E-state index is 0.803. The Balaban J connectivity index is 2.25. The molecule has 0 atom stereocenters. The summed E-state index contributed by atoms with van der Waals surface area (Å²) >= 11 is 1.58. The molecule has 1 fully saturated rings. The molecule has 2 aliphatic rings. The summed E-state index contributed by atoms with van der Waals surface area (Å²) in [6.45, 7) is 2.17. The summed E-state index contributed by atoms with van der Waals surface area (Å²) in [7, 11) is 0. The average molecular weight is 289 g/mol. The Hall–Kier alpha value is -1.41. The van der Waals surface area contributed by atoms with E-state index < -0.39 is 0 Å². The first-order chi connectivity index (χ1) is 9.77. The zero-order chi connectivity index (χ0) is 14.1. The summed E-state index contributed by atoms with van der Waals surface area (Å²) in [5, 5.41) is 10.5. The Bertz CT molecular complexity index is 570. The molecule has 0 radical (unpaired) electrons. The molecule has 106 valence electrons. The van der Waals surface area contributed by atoms with E-state index in [4.69, 9.17) is 5.84 Å². The largest absolute Gasteiger partial charge is 0.304 e. The van der Waals surface area contributed by atoms with Crippen LogP contribution in [0.5, 0.6) is 0 Å². The van der Waals surface area contributed by atoms with Crippen LogP contribution in [-0.2, 0) is 12.8 Å². The van der Waals surface area contributed by atoms with Crippen LogP contribution in [-0.4, -0.2) is 19.3 Å². The Kier molecular flexibility index (Phi) is 3.75. The minimum absolute atomic E-state index is 0.803. The van der Waals surface area contributed by atoms with Gasteiger partial charge in [0.15, 0.2) is 0 Å². The second kappa shape index (κ2) is 5.53. The van der Waals surface area contributed by atoms with Crippen molar-refractivity contribution in [3.05, 3.63) is 16.7 Å². The summed E-state index contributed by atoms with van der Waals surface area (Å²) < 4.78 is 1.78. The molecule has 1 aromatic rings. The number of nitriles is 1. The van der Waals surface area contributed by atoms with Gasteiger partial charge in [0.05, 0.1) is 13.1 Å². The third-order valence-electron chi connectivity index (χ3n) is 4.41. The summed E-state index contributed by atoms with van der Waals surface area (Å²) in [5.74, 6) is 7.54. The molecule has 4 nitrogen and oxygen atoms in total. The van der Waals surface area contributed by atoms with Gasteiger partial charge in [0.2, 0.25) is 5.03 Å².